The smallest absolute Gasteiger partial charge is 0.345 e. The van der Waals surface area contributed by atoms with Gasteiger partial charge in [-0.25, -0.2) is 9.59 Å². The summed E-state index contributed by atoms with van der Waals surface area (Å²) in [6, 6.07) is 8.29. The first-order valence-corrected chi connectivity index (χ1v) is 7.79. The fourth-order valence-corrected chi connectivity index (χ4v) is 2.24. The lowest BCUT2D eigenvalue weighted by Gasteiger charge is -2.13. The van der Waals surface area contributed by atoms with Gasteiger partial charge >= 0.3 is 11.9 Å². The number of hydrogen-bond donors (Lipinski definition) is 4. The van der Waals surface area contributed by atoms with E-state index in [0.29, 0.717) is 11.1 Å². The molecule has 8 heteroatoms. The number of rotatable bonds is 7. The molecule has 0 saturated carbocycles. The lowest BCUT2D eigenvalue weighted by Crippen LogP contribution is -2.28. The number of phenolic OH excluding ortho intramolecular Hbond substituents is 3. The Hall–Kier alpha value is -3.68. The lowest BCUT2D eigenvalue weighted by atomic mass is 10.1. The number of phenols is 3. The minimum Gasteiger partial charge on any atom is -0.504 e. The summed E-state index contributed by atoms with van der Waals surface area (Å²) in [5.74, 6) is -2.81. The van der Waals surface area contributed by atoms with E-state index >= 15 is 0 Å². The quantitative estimate of drug-likeness (QED) is 0.329. The van der Waals surface area contributed by atoms with E-state index in [-0.39, 0.29) is 29.4 Å². The number of methoxy groups -OCH3 is 1. The number of carboxylic acids is 1. The minimum absolute atomic E-state index is 0.146. The second-order valence-electron chi connectivity index (χ2n) is 5.56. The molecule has 4 N–H and O–H groups in total. The molecule has 0 bridgehead atoms. The van der Waals surface area contributed by atoms with Crippen molar-refractivity contribution in [2.75, 3.05) is 7.11 Å². The van der Waals surface area contributed by atoms with Crippen LogP contribution in [0.25, 0.3) is 6.08 Å². The van der Waals surface area contributed by atoms with Crippen LogP contribution in [-0.4, -0.2) is 45.6 Å². The molecule has 0 saturated heterocycles. The molecule has 2 rings (SSSR count). The third-order valence-electron chi connectivity index (χ3n) is 3.61. The molecular weight excluding hydrogens is 356 g/mol. The maximum atomic E-state index is 11.9. The summed E-state index contributed by atoms with van der Waals surface area (Å²) in [6.45, 7) is 0. The molecule has 0 aromatic heterocycles. The maximum absolute atomic E-state index is 11.9. The van der Waals surface area contributed by atoms with Crippen molar-refractivity contribution >= 4 is 18.0 Å². The second-order valence-corrected chi connectivity index (χ2v) is 5.56. The van der Waals surface area contributed by atoms with Crippen LogP contribution < -0.4 is 4.74 Å². The molecule has 1 unspecified atom stereocenters. The number of aromatic hydroxyl groups is 3. The number of carboxylic acid groups (broad SMARTS) is 1. The molecule has 0 aliphatic carbocycles. The van der Waals surface area contributed by atoms with Gasteiger partial charge in [-0.2, -0.15) is 0 Å². The van der Waals surface area contributed by atoms with Gasteiger partial charge in [-0.15, -0.1) is 0 Å². The van der Waals surface area contributed by atoms with Crippen molar-refractivity contribution in [3.8, 4) is 23.0 Å². The molecule has 0 aliphatic rings. The molecule has 1 atom stereocenters. The van der Waals surface area contributed by atoms with Crippen LogP contribution in [-0.2, 0) is 20.7 Å². The first kappa shape index (κ1) is 19.6. The highest BCUT2D eigenvalue weighted by Gasteiger charge is 2.22. The molecule has 2 aromatic carbocycles. The van der Waals surface area contributed by atoms with Crippen LogP contribution in [0, 0.1) is 0 Å². The summed E-state index contributed by atoms with van der Waals surface area (Å²) in [5.41, 5.74) is 0.857. The monoisotopic (exact) mass is 374 g/mol. The third kappa shape index (κ3) is 5.40. The largest absolute Gasteiger partial charge is 0.504 e. The Bertz CT molecular complexity index is 872. The predicted molar refractivity (Wildman–Crippen MR) is 94.7 cm³/mol. The third-order valence-corrected chi connectivity index (χ3v) is 3.61. The average molecular weight is 374 g/mol. The van der Waals surface area contributed by atoms with Gasteiger partial charge < -0.3 is 29.9 Å². The standard InChI is InChI=1S/C19H18O8/c1-26-16-6-3-12(9-15(16)22)10-17(19(24)25)27-18(23)7-4-11-2-5-13(20)14(21)8-11/h2-9,17,20-22H,10H2,1H3,(H,24,25)/b7-4+. The molecule has 27 heavy (non-hydrogen) atoms. The second kappa shape index (κ2) is 8.61. The van der Waals surface area contributed by atoms with E-state index < -0.39 is 18.0 Å². The van der Waals surface area contributed by atoms with E-state index in [1.807, 2.05) is 0 Å². The van der Waals surface area contributed by atoms with Crippen molar-refractivity contribution in [3.05, 3.63) is 53.6 Å². The first-order valence-electron chi connectivity index (χ1n) is 7.79. The van der Waals surface area contributed by atoms with Crippen LogP contribution in [0.3, 0.4) is 0 Å². The summed E-state index contributed by atoms with van der Waals surface area (Å²) in [7, 11) is 1.39. The highest BCUT2D eigenvalue weighted by atomic mass is 16.6. The highest BCUT2D eigenvalue weighted by molar-refractivity contribution is 5.89. The summed E-state index contributed by atoms with van der Waals surface area (Å²) < 4.78 is 9.85. The molecule has 0 aliphatic heterocycles. The van der Waals surface area contributed by atoms with Crippen LogP contribution in [0.4, 0.5) is 0 Å². The molecule has 142 valence electrons. The molecule has 0 heterocycles. The van der Waals surface area contributed by atoms with Crippen LogP contribution in [0.5, 0.6) is 23.0 Å². The number of carbonyl (C=O) groups excluding carboxylic acids is 1. The van der Waals surface area contributed by atoms with E-state index in [1.165, 1.54) is 43.5 Å². The summed E-state index contributed by atoms with van der Waals surface area (Å²) in [5, 5.41) is 37.6. The fourth-order valence-electron chi connectivity index (χ4n) is 2.24. The molecule has 8 nitrogen and oxygen atoms in total. The van der Waals surface area contributed by atoms with Gasteiger partial charge in [0.2, 0.25) is 6.10 Å². The molecule has 0 spiro atoms. The molecule has 0 radical (unpaired) electrons. The Labute approximate surface area is 154 Å². The number of carbonyl (C=O) groups is 2. The van der Waals surface area contributed by atoms with Crippen molar-refractivity contribution < 1.29 is 39.5 Å². The Kier molecular flexibility index (Phi) is 6.27. The number of benzene rings is 2. The van der Waals surface area contributed by atoms with Crippen molar-refractivity contribution in [2.24, 2.45) is 0 Å². The normalized spacial score (nSPS) is 11.9. The van der Waals surface area contributed by atoms with Crippen LogP contribution in [0.15, 0.2) is 42.5 Å². The van der Waals surface area contributed by atoms with E-state index in [1.54, 1.807) is 6.07 Å². The van der Waals surface area contributed by atoms with Crippen molar-refractivity contribution in [3.63, 3.8) is 0 Å². The summed E-state index contributed by atoms with van der Waals surface area (Å²) >= 11 is 0. The zero-order valence-corrected chi connectivity index (χ0v) is 14.3. The summed E-state index contributed by atoms with van der Waals surface area (Å²) in [4.78, 5) is 23.2. The van der Waals surface area contributed by atoms with Crippen molar-refractivity contribution in [1.82, 2.24) is 0 Å². The van der Waals surface area contributed by atoms with Crippen LogP contribution >= 0.6 is 0 Å². The fraction of sp³-hybridized carbons (Fsp3) is 0.158. The van der Waals surface area contributed by atoms with Gasteiger partial charge in [-0.3, -0.25) is 0 Å². The highest BCUT2D eigenvalue weighted by Crippen LogP contribution is 2.27. The predicted octanol–water partition coefficient (Wildman–Crippen LogP) is 2.06. The van der Waals surface area contributed by atoms with Gasteiger partial charge in [0, 0.05) is 12.5 Å². The van der Waals surface area contributed by atoms with Crippen molar-refractivity contribution in [2.45, 2.75) is 12.5 Å². The van der Waals surface area contributed by atoms with Gasteiger partial charge in [0.1, 0.15) is 0 Å². The van der Waals surface area contributed by atoms with E-state index in [0.717, 1.165) is 6.08 Å². The lowest BCUT2D eigenvalue weighted by molar-refractivity contribution is -0.160. The maximum Gasteiger partial charge on any atom is 0.345 e. The molecular formula is C19H18O8. The van der Waals surface area contributed by atoms with Crippen LogP contribution in [0.1, 0.15) is 11.1 Å². The molecule has 0 fully saturated rings. The molecule has 0 amide bonds. The Balaban J connectivity index is 2.05. The van der Waals surface area contributed by atoms with Gasteiger partial charge in [-0.05, 0) is 41.5 Å². The van der Waals surface area contributed by atoms with Gasteiger partial charge in [0.25, 0.3) is 0 Å². The Morgan fingerprint density at radius 2 is 1.78 bits per heavy atom. The number of aliphatic carboxylic acids is 1. The average Bonchev–Trinajstić information content (AvgIpc) is 2.62. The van der Waals surface area contributed by atoms with Gasteiger partial charge in [0.05, 0.1) is 7.11 Å². The van der Waals surface area contributed by atoms with Gasteiger partial charge in [0.15, 0.2) is 23.0 Å². The number of esters is 1. The SMILES string of the molecule is COc1ccc(CC(OC(=O)/C=C/c2ccc(O)c(O)c2)C(=O)O)cc1O. The van der Waals surface area contributed by atoms with Gasteiger partial charge in [-0.1, -0.05) is 12.1 Å². The zero-order chi connectivity index (χ0) is 20.0. The Morgan fingerprint density at radius 3 is 2.37 bits per heavy atom. The minimum atomic E-state index is -1.46. The Morgan fingerprint density at radius 1 is 1.04 bits per heavy atom. The van der Waals surface area contributed by atoms with E-state index in [9.17, 15) is 30.0 Å². The first-order chi connectivity index (χ1) is 12.8. The number of hydrogen-bond acceptors (Lipinski definition) is 7. The molecule has 2 aromatic rings. The van der Waals surface area contributed by atoms with Crippen LogP contribution in [0.2, 0.25) is 0 Å². The van der Waals surface area contributed by atoms with Crippen molar-refractivity contribution in [1.29, 1.82) is 0 Å². The topological polar surface area (TPSA) is 134 Å². The number of ether oxygens (including phenoxy) is 2. The summed E-state index contributed by atoms with van der Waals surface area (Å²) in [6.07, 6.45) is 0.711. The zero-order valence-electron chi connectivity index (χ0n) is 14.3. The van der Waals surface area contributed by atoms with E-state index in [4.69, 9.17) is 9.47 Å². The van der Waals surface area contributed by atoms with E-state index in [2.05, 4.69) is 0 Å².